The summed E-state index contributed by atoms with van der Waals surface area (Å²) in [5.41, 5.74) is -0.185. The van der Waals surface area contributed by atoms with Crippen molar-refractivity contribution in [2.45, 2.75) is 58.1 Å². The first-order valence-electron chi connectivity index (χ1n) is 7.81. The van der Waals surface area contributed by atoms with Crippen LogP contribution in [0.4, 0.5) is 4.79 Å². The summed E-state index contributed by atoms with van der Waals surface area (Å²) in [5.74, 6) is 0.414. The Bertz CT molecular complexity index is 331. The van der Waals surface area contributed by atoms with Crippen LogP contribution in [0.2, 0.25) is 0 Å². The summed E-state index contributed by atoms with van der Waals surface area (Å²) >= 11 is 0. The number of hydrogen-bond donors (Lipinski definition) is 3. The molecule has 1 aliphatic carbocycles. The first-order valence-corrected chi connectivity index (χ1v) is 7.81. The van der Waals surface area contributed by atoms with E-state index in [9.17, 15) is 9.90 Å². The number of urea groups is 1. The molecule has 4 atom stereocenters. The molecule has 116 valence electrons. The highest BCUT2D eigenvalue weighted by Crippen LogP contribution is 2.35. The van der Waals surface area contributed by atoms with Crippen LogP contribution in [0, 0.1) is 11.3 Å². The van der Waals surface area contributed by atoms with E-state index in [0.29, 0.717) is 12.5 Å². The first-order chi connectivity index (χ1) is 9.51. The first kappa shape index (κ1) is 15.6. The molecule has 4 unspecified atom stereocenters. The van der Waals surface area contributed by atoms with E-state index in [4.69, 9.17) is 4.74 Å². The molecule has 0 aromatic heterocycles. The fourth-order valence-corrected chi connectivity index (χ4v) is 3.19. The number of amides is 2. The summed E-state index contributed by atoms with van der Waals surface area (Å²) in [7, 11) is 0. The van der Waals surface area contributed by atoms with Crippen LogP contribution in [0.15, 0.2) is 0 Å². The quantitative estimate of drug-likeness (QED) is 0.735. The third kappa shape index (κ3) is 3.85. The van der Waals surface area contributed by atoms with Gasteiger partial charge in [0.15, 0.2) is 0 Å². The molecule has 2 fully saturated rings. The maximum Gasteiger partial charge on any atom is 0.315 e. The normalized spacial score (nSPS) is 35.5. The van der Waals surface area contributed by atoms with E-state index in [2.05, 4.69) is 17.6 Å². The van der Waals surface area contributed by atoms with Crippen molar-refractivity contribution in [3.05, 3.63) is 0 Å². The monoisotopic (exact) mass is 284 g/mol. The van der Waals surface area contributed by atoms with Crippen molar-refractivity contribution in [1.82, 2.24) is 10.6 Å². The summed E-state index contributed by atoms with van der Waals surface area (Å²) in [6.45, 7) is 6.15. The van der Waals surface area contributed by atoms with E-state index in [0.717, 1.165) is 45.3 Å². The maximum absolute atomic E-state index is 12.0. The van der Waals surface area contributed by atoms with Crippen LogP contribution < -0.4 is 10.6 Å². The van der Waals surface area contributed by atoms with E-state index in [1.807, 2.05) is 6.92 Å². The fourth-order valence-electron chi connectivity index (χ4n) is 3.19. The second-order valence-electron chi connectivity index (χ2n) is 6.65. The fraction of sp³-hybridized carbons (Fsp3) is 0.933. The zero-order chi connectivity index (χ0) is 14.6. The van der Waals surface area contributed by atoms with Crippen molar-refractivity contribution in [3.8, 4) is 0 Å². The minimum Gasteiger partial charge on any atom is -0.392 e. The number of rotatable bonds is 4. The minimum absolute atomic E-state index is 0.126. The van der Waals surface area contributed by atoms with Gasteiger partial charge in [-0.05, 0) is 26.2 Å². The van der Waals surface area contributed by atoms with Gasteiger partial charge in [0.2, 0.25) is 0 Å². The molecule has 0 bridgehead atoms. The molecule has 0 aromatic rings. The smallest absolute Gasteiger partial charge is 0.315 e. The van der Waals surface area contributed by atoms with Crippen molar-refractivity contribution < 1.29 is 14.6 Å². The lowest BCUT2D eigenvalue weighted by atomic mass is 9.73. The maximum atomic E-state index is 12.0. The van der Waals surface area contributed by atoms with Crippen LogP contribution in [0.1, 0.15) is 46.0 Å². The molecule has 1 saturated heterocycles. The van der Waals surface area contributed by atoms with Gasteiger partial charge in [-0.25, -0.2) is 4.79 Å². The van der Waals surface area contributed by atoms with Gasteiger partial charge in [0.25, 0.3) is 0 Å². The van der Waals surface area contributed by atoms with E-state index in [1.165, 1.54) is 0 Å². The van der Waals surface area contributed by atoms with Crippen LogP contribution >= 0.6 is 0 Å². The predicted molar refractivity (Wildman–Crippen MR) is 77.5 cm³/mol. The Balaban J connectivity index is 1.73. The number of hydrogen-bond acceptors (Lipinski definition) is 3. The van der Waals surface area contributed by atoms with Crippen LogP contribution in [0.5, 0.6) is 0 Å². The van der Waals surface area contributed by atoms with Gasteiger partial charge in [0.1, 0.15) is 0 Å². The van der Waals surface area contributed by atoms with E-state index < -0.39 is 0 Å². The van der Waals surface area contributed by atoms with Crippen molar-refractivity contribution in [3.63, 3.8) is 0 Å². The van der Waals surface area contributed by atoms with Crippen molar-refractivity contribution in [1.29, 1.82) is 0 Å². The summed E-state index contributed by atoms with van der Waals surface area (Å²) in [6.07, 6.45) is 4.74. The molecule has 5 nitrogen and oxygen atoms in total. The molecule has 1 saturated carbocycles. The number of aliphatic hydroxyl groups excluding tert-OH is 1. The zero-order valence-corrected chi connectivity index (χ0v) is 12.7. The van der Waals surface area contributed by atoms with Gasteiger partial charge in [-0.2, -0.15) is 0 Å². The summed E-state index contributed by atoms with van der Waals surface area (Å²) in [5, 5.41) is 16.0. The molecule has 0 radical (unpaired) electrons. The second-order valence-corrected chi connectivity index (χ2v) is 6.65. The number of ether oxygens (including phenoxy) is 1. The third-order valence-electron chi connectivity index (χ3n) is 4.96. The molecule has 2 amide bonds. The Morgan fingerprint density at radius 3 is 2.90 bits per heavy atom. The molecule has 2 aliphatic rings. The van der Waals surface area contributed by atoms with Gasteiger partial charge in [-0.1, -0.05) is 19.8 Å². The van der Waals surface area contributed by atoms with Crippen LogP contribution in [0.25, 0.3) is 0 Å². The molecule has 1 aliphatic heterocycles. The van der Waals surface area contributed by atoms with E-state index >= 15 is 0 Å². The lowest BCUT2D eigenvalue weighted by Crippen LogP contribution is -2.50. The number of aliphatic hydroxyl groups is 1. The molecule has 0 spiro atoms. The summed E-state index contributed by atoms with van der Waals surface area (Å²) in [4.78, 5) is 12.0. The molecule has 3 N–H and O–H groups in total. The Labute approximate surface area is 121 Å². The Morgan fingerprint density at radius 1 is 1.45 bits per heavy atom. The molecular weight excluding hydrogens is 256 g/mol. The highest BCUT2D eigenvalue weighted by Gasteiger charge is 2.35. The average Bonchev–Trinajstić information content (AvgIpc) is 2.94. The molecule has 20 heavy (non-hydrogen) atoms. The zero-order valence-electron chi connectivity index (χ0n) is 12.7. The topological polar surface area (TPSA) is 70.6 Å². The van der Waals surface area contributed by atoms with Gasteiger partial charge in [-0.15, -0.1) is 0 Å². The average molecular weight is 284 g/mol. The summed E-state index contributed by atoms with van der Waals surface area (Å²) < 4.78 is 5.34. The Hall–Kier alpha value is -0.810. The third-order valence-corrected chi connectivity index (χ3v) is 4.96. The lowest BCUT2D eigenvalue weighted by Gasteiger charge is -2.38. The number of nitrogens with one attached hydrogen (secondary N) is 2. The van der Waals surface area contributed by atoms with Crippen LogP contribution in [0.3, 0.4) is 0 Å². The van der Waals surface area contributed by atoms with E-state index in [-0.39, 0.29) is 23.6 Å². The van der Waals surface area contributed by atoms with Gasteiger partial charge < -0.3 is 20.5 Å². The minimum atomic E-state index is -0.308. The number of carbonyl (C=O) groups excluding carboxylic acids is 1. The largest absolute Gasteiger partial charge is 0.392 e. The second kappa shape index (κ2) is 6.76. The SMILES string of the molecule is CC(NC(=O)NCC1(C)CCCCC1O)C1CCOC1. The molecule has 1 heterocycles. The Morgan fingerprint density at radius 2 is 2.25 bits per heavy atom. The van der Waals surface area contributed by atoms with Crippen LogP contribution in [-0.2, 0) is 4.74 Å². The molecule has 2 rings (SSSR count). The van der Waals surface area contributed by atoms with Gasteiger partial charge in [0, 0.05) is 30.5 Å². The van der Waals surface area contributed by atoms with Crippen molar-refractivity contribution in [2.24, 2.45) is 11.3 Å². The predicted octanol–water partition coefficient (Wildman–Crippen LogP) is 1.65. The van der Waals surface area contributed by atoms with Crippen molar-refractivity contribution in [2.75, 3.05) is 19.8 Å². The van der Waals surface area contributed by atoms with Gasteiger partial charge in [0.05, 0.1) is 12.7 Å². The summed E-state index contributed by atoms with van der Waals surface area (Å²) in [6, 6.07) is -0.00927. The van der Waals surface area contributed by atoms with E-state index in [1.54, 1.807) is 0 Å². The standard InChI is InChI=1S/C15H28N2O3/c1-11(12-6-8-20-9-12)17-14(19)16-10-15(2)7-4-3-5-13(15)18/h11-13,18H,3-10H2,1-2H3,(H2,16,17,19). The number of carbonyl (C=O) groups is 1. The highest BCUT2D eigenvalue weighted by molar-refractivity contribution is 5.74. The van der Waals surface area contributed by atoms with Crippen molar-refractivity contribution >= 4 is 6.03 Å². The highest BCUT2D eigenvalue weighted by atomic mass is 16.5. The lowest BCUT2D eigenvalue weighted by molar-refractivity contribution is 0.00302. The molecular formula is C15H28N2O3. The Kier molecular flexibility index (Phi) is 5.27. The van der Waals surface area contributed by atoms with Gasteiger partial charge in [-0.3, -0.25) is 0 Å². The van der Waals surface area contributed by atoms with Gasteiger partial charge >= 0.3 is 6.03 Å². The molecule has 5 heteroatoms. The molecule has 0 aromatic carbocycles. The van der Waals surface area contributed by atoms with Crippen LogP contribution in [-0.4, -0.2) is 43.0 Å².